The second-order valence-electron chi connectivity index (χ2n) is 4.35. The van der Waals surface area contributed by atoms with E-state index in [9.17, 15) is 0 Å². The molecular formula is C14H14N4O. The van der Waals surface area contributed by atoms with Crippen molar-refractivity contribution in [3.05, 3.63) is 36.3 Å². The van der Waals surface area contributed by atoms with Crippen molar-refractivity contribution in [2.75, 3.05) is 7.11 Å². The van der Waals surface area contributed by atoms with Gasteiger partial charge in [-0.1, -0.05) is 6.07 Å². The van der Waals surface area contributed by atoms with Gasteiger partial charge in [-0.3, -0.25) is 0 Å². The number of fused-ring (bicyclic) bond motifs is 1. The average Bonchev–Trinajstić information content (AvgIpc) is 2.73. The van der Waals surface area contributed by atoms with E-state index in [1.54, 1.807) is 13.3 Å². The van der Waals surface area contributed by atoms with E-state index in [-0.39, 0.29) is 0 Å². The lowest BCUT2D eigenvalue weighted by molar-refractivity contribution is 0.380. The van der Waals surface area contributed by atoms with Crippen molar-refractivity contribution in [2.45, 2.75) is 6.92 Å². The van der Waals surface area contributed by atoms with Crippen molar-refractivity contribution in [1.82, 2.24) is 19.5 Å². The molecule has 0 atom stereocenters. The van der Waals surface area contributed by atoms with E-state index in [0.29, 0.717) is 6.01 Å². The van der Waals surface area contributed by atoms with Crippen molar-refractivity contribution in [3.8, 4) is 17.3 Å². The molecule has 2 aromatic heterocycles. The van der Waals surface area contributed by atoms with E-state index in [1.807, 2.05) is 32.2 Å². The predicted molar refractivity (Wildman–Crippen MR) is 73.0 cm³/mol. The van der Waals surface area contributed by atoms with E-state index < -0.39 is 0 Å². The summed E-state index contributed by atoms with van der Waals surface area (Å²) in [6.07, 6.45) is 1.69. The molecule has 0 spiro atoms. The highest BCUT2D eigenvalue weighted by atomic mass is 16.5. The highest BCUT2D eigenvalue weighted by molar-refractivity contribution is 5.81. The number of aromatic nitrogens is 4. The van der Waals surface area contributed by atoms with Gasteiger partial charge in [0.15, 0.2) is 0 Å². The fraction of sp³-hybridized carbons (Fsp3) is 0.214. The van der Waals surface area contributed by atoms with Gasteiger partial charge in [-0.05, 0) is 25.1 Å². The molecule has 3 aromatic rings. The molecule has 0 aliphatic rings. The van der Waals surface area contributed by atoms with Crippen LogP contribution in [-0.4, -0.2) is 26.6 Å². The monoisotopic (exact) mass is 254 g/mol. The SMILES string of the molecule is COc1nccc(-c2ccc3c(c2)nc(C)n3C)n1. The molecule has 0 unspecified atom stereocenters. The molecule has 2 heterocycles. The summed E-state index contributed by atoms with van der Waals surface area (Å²) in [6.45, 7) is 1.99. The first-order valence-electron chi connectivity index (χ1n) is 5.99. The molecular weight excluding hydrogens is 240 g/mol. The quantitative estimate of drug-likeness (QED) is 0.704. The first-order valence-corrected chi connectivity index (χ1v) is 5.99. The van der Waals surface area contributed by atoms with E-state index in [2.05, 4.69) is 25.6 Å². The molecule has 0 saturated heterocycles. The van der Waals surface area contributed by atoms with Crippen LogP contribution in [0.5, 0.6) is 6.01 Å². The smallest absolute Gasteiger partial charge is 0.316 e. The van der Waals surface area contributed by atoms with Crippen molar-refractivity contribution in [1.29, 1.82) is 0 Å². The normalized spacial score (nSPS) is 10.9. The van der Waals surface area contributed by atoms with Gasteiger partial charge < -0.3 is 9.30 Å². The maximum Gasteiger partial charge on any atom is 0.316 e. The number of benzene rings is 1. The minimum absolute atomic E-state index is 0.370. The third kappa shape index (κ3) is 1.93. The first-order chi connectivity index (χ1) is 9.19. The molecule has 19 heavy (non-hydrogen) atoms. The number of nitrogens with zero attached hydrogens (tertiary/aromatic N) is 4. The number of hydrogen-bond acceptors (Lipinski definition) is 4. The van der Waals surface area contributed by atoms with Gasteiger partial charge in [0.25, 0.3) is 0 Å². The summed E-state index contributed by atoms with van der Waals surface area (Å²) in [5.41, 5.74) is 3.92. The third-order valence-corrected chi connectivity index (χ3v) is 3.22. The highest BCUT2D eigenvalue weighted by Crippen LogP contribution is 2.23. The van der Waals surface area contributed by atoms with Gasteiger partial charge in [0.05, 0.1) is 23.8 Å². The lowest BCUT2D eigenvalue weighted by Gasteiger charge is -2.03. The van der Waals surface area contributed by atoms with Crippen molar-refractivity contribution >= 4 is 11.0 Å². The van der Waals surface area contributed by atoms with E-state index in [4.69, 9.17) is 4.74 Å². The van der Waals surface area contributed by atoms with Crippen LogP contribution in [-0.2, 0) is 7.05 Å². The van der Waals surface area contributed by atoms with Gasteiger partial charge in [-0.25, -0.2) is 9.97 Å². The zero-order valence-electron chi connectivity index (χ0n) is 11.1. The van der Waals surface area contributed by atoms with Gasteiger partial charge >= 0.3 is 6.01 Å². The number of ether oxygens (including phenoxy) is 1. The Labute approximate surface area is 110 Å². The molecule has 0 radical (unpaired) electrons. The second kappa shape index (κ2) is 4.35. The summed E-state index contributed by atoms with van der Waals surface area (Å²) in [5, 5.41) is 0. The Morgan fingerprint density at radius 3 is 2.79 bits per heavy atom. The van der Waals surface area contributed by atoms with Crippen LogP contribution in [0.3, 0.4) is 0 Å². The molecule has 5 nitrogen and oxygen atoms in total. The lowest BCUT2D eigenvalue weighted by Crippen LogP contribution is -1.93. The largest absolute Gasteiger partial charge is 0.467 e. The van der Waals surface area contributed by atoms with Crippen LogP contribution >= 0.6 is 0 Å². The fourth-order valence-corrected chi connectivity index (χ4v) is 2.08. The van der Waals surface area contributed by atoms with Crippen LogP contribution < -0.4 is 4.74 Å². The van der Waals surface area contributed by atoms with E-state index >= 15 is 0 Å². The van der Waals surface area contributed by atoms with Gasteiger partial charge in [-0.15, -0.1) is 0 Å². The van der Waals surface area contributed by atoms with Gasteiger partial charge in [0, 0.05) is 18.8 Å². The van der Waals surface area contributed by atoms with Crippen molar-refractivity contribution in [2.24, 2.45) is 7.05 Å². The summed E-state index contributed by atoms with van der Waals surface area (Å²) >= 11 is 0. The Bertz CT molecular complexity index is 748. The Morgan fingerprint density at radius 1 is 1.16 bits per heavy atom. The second-order valence-corrected chi connectivity index (χ2v) is 4.35. The molecule has 0 saturated carbocycles. The first kappa shape index (κ1) is 11.6. The number of hydrogen-bond donors (Lipinski definition) is 0. The maximum absolute atomic E-state index is 5.05. The minimum Gasteiger partial charge on any atom is -0.467 e. The average molecular weight is 254 g/mol. The summed E-state index contributed by atoms with van der Waals surface area (Å²) in [6, 6.07) is 8.35. The fourth-order valence-electron chi connectivity index (χ4n) is 2.08. The van der Waals surface area contributed by atoms with Crippen LogP contribution in [0.2, 0.25) is 0 Å². The number of imidazole rings is 1. The lowest BCUT2D eigenvalue weighted by atomic mass is 10.1. The van der Waals surface area contributed by atoms with Gasteiger partial charge in [0.2, 0.25) is 0 Å². The zero-order valence-corrected chi connectivity index (χ0v) is 11.1. The number of rotatable bonds is 2. The Morgan fingerprint density at radius 2 is 2.00 bits per heavy atom. The molecule has 0 bridgehead atoms. The van der Waals surface area contributed by atoms with Crippen LogP contribution in [0.4, 0.5) is 0 Å². The molecule has 96 valence electrons. The number of aryl methyl sites for hydroxylation is 2. The molecule has 5 heteroatoms. The topological polar surface area (TPSA) is 52.8 Å². The highest BCUT2D eigenvalue weighted by Gasteiger charge is 2.07. The molecule has 0 fully saturated rings. The van der Waals surface area contributed by atoms with Crippen LogP contribution in [0.25, 0.3) is 22.3 Å². The predicted octanol–water partition coefficient (Wildman–Crippen LogP) is 2.35. The molecule has 0 aliphatic heterocycles. The van der Waals surface area contributed by atoms with E-state index in [1.165, 1.54) is 0 Å². The maximum atomic E-state index is 5.05. The zero-order chi connectivity index (χ0) is 13.4. The molecule has 0 N–H and O–H groups in total. The van der Waals surface area contributed by atoms with Crippen LogP contribution in [0.15, 0.2) is 30.5 Å². The molecule has 0 aliphatic carbocycles. The minimum atomic E-state index is 0.370. The molecule has 0 amide bonds. The van der Waals surface area contributed by atoms with Crippen LogP contribution in [0, 0.1) is 6.92 Å². The Hall–Kier alpha value is -2.43. The van der Waals surface area contributed by atoms with Gasteiger partial charge in [0.1, 0.15) is 5.82 Å². The summed E-state index contributed by atoms with van der Waals surface area (Å²) < 4.78 is 7.11. The summed E-state index contributed by atoms with van der Waals surface area (Å²) in [7, 11) is 3.57. The summed E-state index contributed by atoms with van der Waals surface area (Å²) in [5.74, 6) is 0.993. The summed E-state index contributed by atoms with van der Waals surface area (Å²) in [4.78, 5) is 12.9. The Balaban J connectivity index is 2.14. The van der Waals surface area contributed by atoms with Gasteiger partial charge in [-0.2, -0.15) is 4.98 Å². The van der Waals surface area contributed by atoms with Crippen molar-refractivity contribution in [3.63, 3.8) is 0 Å². The number of methoxy groups -OCH3 is 1. The molecule has 1 aromatic carbocycles. The van der Waals surface area contributed by atoms with E-state index in [0.717, 1.165) is 28.1 Å². The Kier molecular flexibility index (Phi) is 2.67. The standard InChI is InChI=1S/C14H14N4O/c1-9-16-12-8-10(4-5-13(12)18(9)2)11-6-7-15-14(17-11)19-3/h4-8H,1-3H3. The third-order valence-electron chi connectivity index (χ3n) is 3.22. The van der Waals surface area contributed by atoms with Crippen molar-refractivity contribution < 1.29 is 4.74 Å². The molecule has 3 rings (SSSR count). The van der Waals surface area contributed by atoms with Crippen LogP contribution in [0.1, 0.15) is 5.82 Å².